The summed E-state index contributed by atoms with van der Waals surface area (Å²) in [6.45, 7) is -0.490. The molecule has 32 heavy (non-hydrogen) atoms. The average Bonchev–Trinajstić information content (AvgIpc) is 2.79. The van der Waals surface area contributed by atoms with Crippen molar-refractivity contribution in [3.05, 3.63) is 53.6 Å². The Morgan fingerprint density at radius 2 is 1.81 bits per heavy atom. The number of ether oxygens (including phenoxy) is 2. The number of anilines is 1. The van der Waals surface area contributed by atoms with E-state index in [0.29, 0.717) is 22.7 Å². The Morgan fingerprint density at radius 1 is 1.09 bits per heavy atom. The molecule has 0 bridgehead atoms. The number of amides is 2. The molecule has 2 rings (SSSR count). The first-order valence-corrected chi connectivity index (χ1v) is 9.45. The molecule has 2 amide bonds. The van der Waals surface area contributed by atoms with Crippen molar-refractivity contribution in [2.45, 2.75) is 12.6 Å². The normalized spacial score (nSPS) is 10.8. The molecular formula is C21H28ClN5O5. The molecule has 174 valence electrons. The monoisotopic (exact) mass is 465 g/mol. The number of nitrogens with one attached hydrogen (secondary N) is 4. The molecule has 1 atom stereocenters. The molecule has 0 aliphatic carbocycles. The smallest absolute Gasteiger partial charge is 0.245 e. The summed E-state index contributed by atoms with van der Waals surface area (Å²) < 4.78 is 10.4. The SMILES string of the molecule is COc1ccc(CNC(=O)CNC(=O)C(CO)Nc2cccc(C(=N)N)c2)cc1OC.Cl. The zero-order valence-corrected chi connectivity index (χ0v) is 18.6. The van der Waals surface area contributed by atoms with Crippen molar-refractivity contribution in [2.75, 3.05) is 32.7 Å². The van der Waals surface area contributed by atoms with Crippen molar-refractivity contribution < 1.29 is 24.2 Å². The van der Waals surface area contributed by atoms with E-state index in [2.05, 4.69) is 16.0 Å². The standard InChI is InChI=1S/C21H27N5O5.ClH/c1-30-17-7-6-13(8-18(17)31-2)10-24-19(28)11-25-21(29)16(12-27)26-15-5-3-4-14(9-15)20(22)23;/h3-9,16,26-27H,10-12H2,1-2H3,(H3,22,23)(H,24,28)(H,25,29);1H. The molecule has 0 spiro atoms. The summed E-state index contributed by atoms with van der Waals surface area (Å²) in [7, 11) is 3.06. The van der Waals surface area contributed by atoms with Crippen molar-refractivity contribution in [3.63, 3.8) is 0 Å². The Morgan fingerprint density at radius 3 is 2.44 bits per heavy atom. The van der Waals surface area contributed by atoms with E-state index in [1.165, 1.54) is 14.2 Å². The summed E-state index contributed by atoms with van der Waals surface area (Å²) in [6, 6.07) is 10.9. The second kappa shape index (κ2) is 13.0. The van der Waals surface area contributed by atoms with Gasteiger partial charge in [0.15, 0.2) is 11.5 Å². The third-order valence-electron chi connectivity index (χ3n) is 4.37. The van der Waals surface area contributed by atoms with E-state index < -0.39 is 24.5 Å². The lowest BCUT2D eigenvalue weighted by atomic mass is 10.1. The Labute approximate surface area is 192 Å². The highest BCUT2D eigenvalue weighted by Crippen LogP contribution is 2.27. The van der Waals surface area contributed by atoms with Gasteiger partial charge in [-0.05, 0) is 29.8 Å². The number of hydrogen-bond donors (Lipinski definition) is 6. The van der Waals surface area contributed by atoms with E-state index in [0.717, 1.165) is 5.56 Å². The number of nitrogens with two attached hydrogens (primary N) is 1. The molecule has 11 heteroatoms. The summed E-state index contributed by atoms with van der Waals surface area (Å²) >= 11 is 0. The molecule has 0 saturated heterocycles. The number of aliphatic hydroxyl groups excluding tert-OH is 1. The lowest BCUT2D eigenvalue weighted by Gasteiger charge is -2.18. The van der Waals surface area contributed by atoms with Crippen LogP contribution in [-0.2, 0) is 16.1 Å². The van der Waals surface area contributed by atoms with E-state index in [1.54, 1.807) is 42.5 Å². The Hall–Kier alpha value is -3.50. The van der Waals surface area contributed by atoms with Crippen LogP contribution in [0.5, 0.6) is 11.5 Å². The number of nitrogen functional groups attached to an aromatic ring is 1. The first-order chi connectivity index (χ1) is 14.9. The van der Waals surface area contributed by atoms with Gasteiger partial charge in [0.25, 0.3) is 0 Å². The highest BCUT2D eigenvalue weighted by molar-refractivity contribution is 5.96. The summed E-state index contributed by atoms with van der Waals surface area (Å²) in [4.78, 5) is 24.4. The molecule has 2 aromatic carbocycles. The predicted octanol–water partition coefficient (Wildman–Crippen LogP) is 0.615. The minimum atomic E-state index is -0.971. The largest absolute Gasteiger partial charge is 0.493 e. The van der Waals surface area contributed by atoms with Gasteiger partial charge < -0.3 is 36.3 Å². The van der Waals surface area contributed by atoms with Crippen LogP contribution in [0, 0.1) is 5.41 Å². The van der Waals surface area contributed by atoms with Crippen LogP contribution in [0.1, 0.15) is 11.1 Å². The number of halogens is 1. The third kappa shape index (κ3) is 7.64. The van der Waals surface area contributed by atoms with Crippen LogP contribution in [-0.4, -0.2) is 56.2 Å². The molecule has 10 nitrogen and oxygen atoms in total. The van der Waals surface area contributed by atoms with Gasteiger partial charge in [0.1, 0.15) is 11.9 Å². The lowest BCUT2D eigenvalue weighted by Crippen LogP contribution is -2.45. The quantitative estimate of drug-likeness (QED) is 0.209. The van der Waals surface area contributed by atoms with E-state index in [-0.39, 0.29) is 31.3 Å². The number of carbonyl (C=O) groups excluding carboxylic acids is 2. The third-order valence-corrected chi connectivity index (χ3v) is 4.37. The highest BCUT2D eigenvalue weighted by Gasteiger charge is 2.18. The molecule has 0 fully saturated rings. The van der Waals surface area contributed by atoms with Crippen LogP contribution >= 0.6 is 12.4 Å². The van der Waals surface area contributed by atoms with Gasteiger partial charge in [-0.3, -0.25) is 15.0 Å². The van der Waals surface area contributed by atoms with Crippen molar-refractivity contribution in [1.29, 1.82) is 5.41 Å². The van der Waals surface area contributed by atoms with Crippen LogP contribution in [0.25, 0.3) is 0 Å². The minimum absolute atomic E-state index is 0. The summed E-state index contributed by atoms with van der Waals surface area (Å²) in [5.74, 6) is 0.0877. The number of rotatable bonds is 11. The molecule has 2 aromatic rings. The van der Waals surface area contributed by atoms with Gasteiger partial charge in [-0.1, -0.05) is 18.2 Å². The van der Waals surface area contributed by atoms with Gasteiger partial charge in [0.2, 0.25) is 11.8 Å². The number of hydrogen-bond acceptors (Lipinski definition) is 7. The number of carbonyl (C=O) groups is 2. The molecule has 0 saturated carbocycles. The van der Waals surface area contributed by atoms with Gasteiger partial charge in [-0.15, -0.1) is 12.4 Å². The zero-order chi connectivity index (χ0) is 22.8. The van der Waals surface area contributed by atoms with E-state index in [1.807, 2.05) is 0 Å². The van der Waals surface area contributed by atoms with Crippen molar-refractivity contribution in [2.24, 2.45) is 5.73 Å². The lowest BCUT2D eigenvalue weighted by molar-refractivity contribution is -0.127. The number of aliphatic hydroxyl groups is 1. The summed E-state index contributed by atoms with van der Waals surface area (Å²) in [6.07, 6.45) is 0. The van der Waals surface area contributed by atoms with Crippen molar-refractivity contribution in [1.82, 2.24) is 10.6 Å². The Kier molecular flexibility index (Phi) is 10.8. The highest BCUT2D eigenvalue weighted by atomic mass is 35.5. The molecule has 1 unspecified atom stereocenters. The topological polar surface area (TPSA) is 159 Å². The second-order valence-electron chi connectivity index (χ2n) is 6.56. The summed E-state index contributed by atoms with van der Waals surface area (Å²) in [5, 5.41) is 25.0. The van der Waals surface area contributed by atoms with Gasteiger partial charge in [0.05, 0.1) is 27.4 Å². The summed E-state index contributed by atoms with van der Waals surface area (Å²) in [5.41, 5.74) is 7.26. The maximum absolute atomic E-state index is 12.3. The molecule has 0 heterocycles. The molecule has 0 aliphatic heterocycles. The van der Waals surface area contributed by atoms with Crippen LogP contribution in [0.4, 0.5) is 5.69 Å². The van der Waals surface area contributed by atoms with E-state index >= 15 is 0 Å². The van der Waals surface area contributed by atoms with Crippen molar-refractivity contribution in [3.8, 4) is 11.5 Å². The number of amidine groups is 1. The first kappa shape index (κ1) is 26.5. The Balaban J connectivity index is 0.00000512. The van der Waals surface area contributed by atoms with Gasteiger partial charge >= 0.3 is 0 Å². The molecule has 0 aromatic heterocycles. The van der Waals surface area contributed by atoms with Gasteiger partial charge in [0, 0.05) is 17.8 Å². The van der Waals surface area contributed by atoms with Crippen LogP contribution in [0.2, 0.25) is 0 Å². The molecule has 0 radical (unpaired) electrons. The molecule has 0 aliphatic rings. The molecular weight excluding hydrogens is 438 g/mol. The number of benzene rings is 2. The fraction of sp³-hybridized carbons (Fsp3) is 0.286. The maximum Gasteiger partial charge on any atom is 0.245 e. The van der Waals surface area contributed by atoms with Crippen LogP contribution in [0.3, 0.4) is 0 Å². The zero-order valence-electron chi connectivity index (χ0n) is 17.8. The predicted molar refractivity (Wildman–Crippen MR) is 124 cm³/mol. The van der Waals surface area contributed by atoms with Crippen molar-refractivity contribution >= 4 is 35.7 Å². The second-order valence-corrected chi connectivity index (χ2v) is 6.56. The van der Waals surface area contributed by atoms with Crippen LogP contribution < -0.4 is 31.2 Å². The maximum atomic E-state index is 12.3. The average molecular weight is 466 g/mol. The fourth-order valence-corrected chi connectivity index (χ4v) is 2.72. The van der Waals surface area contributed by atoms with Gasteiger partial charge in [-0.25, -0.2) is 0 Å². The van der Waals surface area contributed by atoms with E-state index in [4.69, 9.17) is 20.6 Å². The van der Waals surface area contributed by atoms with Crippen LogP contribution in [0.15, 0.2) is 42.5 Å². The van der Waals surface area contributed by atoms with Gasteiger partial charge in [-0.2, -0.15) is 0 Å². The van der Waals surface area contributed by atoms with E-state index in [9.17, 15) is 14.7 Å². The molecule has 7 N–H and O–H groups in total. The fourth-order valence-electron chi connectivity index (χ4n) is 2.72. The number of methoxy groups -OCH3 is 2. The minimum Gasteiger partial charge on any atom is -0.493 e. The first-order valence-electron chi connectivity index (χ1n) is 9.45. The Bertz CT molecular complexity index is 941.